The molecule has 5 nitrogen and oxygen atoms in total. The average Bonchev–Trinajstić information content (AvgIpc) is 3.16. The van der Waals surface area contributed by atoms with Crippen LogP contribution < -0.4 is 4.74 Å². The van der Waals surface area contributed by atoms with Gasteiger partial charge in [-0.3, -0.25) is 0 Å². The van der Waals surface area contributed by atoms with Gasteiger partial charge in [0.15, 0.2) is 0 Å². The first-order valence-corrected chi connectivity index (χ1v) is 13.0. The molecule has 0 amide bonds. The van der Waals surface area contributed by atoms with E-state index in [9.17, 15) is 12.8 Å². The van der Waals surface area contributed by atoms with Crippen LogP contribution in [0.2, 0.25) is 0 Å². The fourth-order valence-electron chi connectivity index (χ4n) is 4.81. The molecule has 0 saturated carbocycles. The molecular formula is C28H27FN2O3S. The Kier molecular flexibility index (Phi) is 6.21. The number of para-hydroxylation sites is 1. The van der Waals surface area contributed by atoms with Gasteiger partial charge in [0.25, 0.3) is 0 Å². The zero-order valence-electron chi connectivity index (χ0n) is 19.7. The number of sulfonamides is 1. The summed E-state index contributed by atoms with van der Waals surface area (Å²) in [5.74, 6) is 0.377. The SMILES string of the molecule is COc1ccc(Cn2c(C)c(C3=CCN(S(=O)(=O)c4ccc(F)cc4)CC3)c3ccccc32)cc1. The van der Waals surface area contributed by atoms with Crippen molar-refractivity contribution in [3.05, 3.63) is 102 Å². The van der Waals surface area contributed by atoms with Crippen molar-refractivity contribution >= 4 is 26.5 Å². The first kappa shape index (κ1) is 23.3. The van der Waals surface area contributed by atoms with Crippen LogP contribution in [-0.2, 0) is 16.6 Å². The number of rotatable bonds is 6. The number of hydrogen-bond donors (Lipinski definition) is 0. The molecule has 7 heteroatoms. The van der Waals surface area contributed by atoms with Gasteiger partial charge in [-0.25, -0.2) is 12.8 Å². The Bertz CT molecular complexity index is 1500. The van der Waals surface area contributed by atoms with E-state index in [1.54, 1.807) is 7.11 Å². The van der Waals surface area contributed by atoms with Crippen LogP contribution in [0, 0.1) is 12.7 Å². The van der Waals surface area contributed by atoms with Crippen molar-refractivity contribution in [2.24, 2.45) is 0 Å². The molecule has 4 aromatic rings. The number of hydrogen-bond acceptors (Lipinski definition) is 3. The third kappa shape index (κ3) is 4.37. The Labute approximate surface area is 205 Å². The molecule has 0 saturated heterocycles. The van der Waals surface area contributed by atoms with Crippen molar-refractivity contribution in [2.45, 2.75) is 24.8 Å². The van der Waals surface area contributed by atoms with Gasteiger partial charge in [-0.1, -0.05) is 36.4 Å². The second kappa shape index (κ2) is 9.32. The molecule has 180 valence electrons. The summed E-state index contributed by atoms with van der Waals surface area (Å²) in [6.45, 7) is 3.52. The zero-order chi connectivity index (χ0) is 24.6. The van der Waals surface area contributed by atoms with Gasteiger partial charge in [-0.05, 0) is 66.9 Å². The first-order chi connectivity index (χ1) is 16.9. The highest BCUT2D eigenvalue weighted by Gasteiger charge is 2.28. The van der Waals surface area contributed by atoms with Crippen LogP contribution >= 0.6 is 0 Å². The highest BCUT2D eigenvalue weighted by atomic mass is 32.2. The highest BCUT2D eigenvalue weighted by molar-refractivity contribution is 7.89. The monoisotopic (exact) mass is 490 g/mol. The van der Waals surface area contributed by atoms with E-state index in [0.29, 0.717) is 13.0 Å². The van der Waals surface area contributed by atoms with Crippen LogP contribution in [0.25, 0.3) is 16.5 Å². The lowest BCUT2D eigenvalue weighted by Crippen LogP contribution is -2.34. The maximum Gasteiger partial charge on any atom is 0.243 e. The maximum absolute atomic E-state index is 13.3. The lowest BCUT2D eigenvalue weighted by atomic mass is 9.97. The van der Waals surface area contributed by atoms with E-state index in [2.05, 4.69) is 35.8 Å². The highest BCUT2D eigenvalue weighted by Crippen LogP contribution is 2.36. The zero-order valence-corrected chi connectivity index (χ0v) is 20.6. The van der Waals surface area contributed by atoms with E-state index in [0.717, 1.165) is 29.1 Å². The molecule has 0 atom stereocenters. The fourth-order valence-corrected chi connectivity index (χ4v) is 6.19. The number of methoxy groups -OCH3 is 1. The number of benzene rings is 3. The standard InChI is InChI=1S/C28H27FN2O3S/c1-20-28(22-15-17-30(18-16-22)35(32,33)25-13-9-23(29)10-14-25)26-5-3-4-6-27(26)31(20)19-21-7-11-24(34-2)12-8-21/h3-15H,16-19H2,1-2H3. The summed E-state index contributed by atoms with van der Waals surface area (Å²) in [7, 11) is -2.01. The number of nitrogens with zero attached hydrogens (tertiary/aromatic N) is 2. The normalized spacial score (nSPS) is 14.8. The second-order valence-electron chi connectivity index (χ2n) is 8.71. The third-order valence-corrected chi connectivity index (χ3v) is 8.55. The molecule has 0 N–H and O–H groups in total. The minimum atomic E-state index is -3.67. The number of halogens is 1. The summed E-state index contributed by atoms with van der Waals surface area (Å²) in [4.78, 5) is 0.114. The van der Waals surface area contributed by atoms with Crippen LogP contribution in [0.15, 0.2) is 83.8 Å². The molecule has 0 radical (unpaired) electrons. The second-order valence-corrected chi connectivity index (χ2v) is 10.6. The van der Waals surface area contributed by atoms with Crippen molar-refractivity contribution < 1.29 is 17.5 Å². The van der Waals surface area contributed by atoms with E-state index in [1.807, 2.05) is 30.3 Å². The lowest BCUT2D eigenvalue weighted by molar-refractivity contribution is 0.414. The van der Waals surface area contributed by atoms with Crippen molar-refractivity contribution in [1.82, 2.24) is 8.87 Å². The summed E-state index contributed by atoms with van der Waals surface area (Å²) >= 11 is 0. The summed E-state index contributed by atoms with van der Waals surface area (Å²) < 4.78 is 48.4. The molecule has 1 aromatic heterocycles. The van der Waals surface area contributed by atoms with Gasteiger partial charge in [-0.2, -0.15) is 4.31 Å². The van der Waals surface area contributed by atoms with Crippen LogP contribution in [0.4, 0.5) is 4.39 Å². The Hall–Kier alpha value is -3.42. The molecule has 3 aromatic carbocycles. The van der Waals surface area contributed by atoms with E-state index < -0.39 is 15.8 Å². The van der Waals surface area contributed by atoms with Gasteiger partial charge >= 0.3 is 0 Å². The Morgan fingerprint density at radius 3 is 2.34 bits per heavy atom. The van der Waals surface area contributed by atoms with Crippen LogP contribution in [0.1, 0.15) is 23.2 Å². The Balaban J connectivity index is 1.47. The largest absolute Gasteiger partial charge is 0.497 e. The van der Waals surface area contributed by atoms with Gasteiger partial charge in [0.2, 0.25) is 10.0 Å². The van der Waals surface area contributed by atoms with Crippen LogP contribution in [-0.4, -0.2) is 37.5 Å². The van der Waals surface area contributed by atoms with Crippen molar-refractivity contribution in [2.75, 3.05) is 20.2 Å². The summed E-state index contributed by atoms with van der Waals surface area (Å²) in [6, 6.07) is 21.4. The van der Waals surface area contributed by atoms with Crippen molar-refractivity contribution in [3.63, 3.8) is 0 Å². The maximum atomic E-state index is 13.3. The molecule has 0 fully saturated rings. The topological polar surface area (TPSA) is 51.5 Å². The fraction of sp³-hybridized carbons (Fsp3) is 0.214. The van der Waals surface area contributed by atoms with Crippen LogP contribution in [0.5, 0.6) is 5.75 Å². The molecule has 0 aliphatic carbocycles. The minimum absolute atomic E-state index is 0.114. The van der Waals surface area contributed by atoms with E-state index in [-0.39, 0.29) is 11.4 Å². The van der Waals surface area contributed by atoms with Crippen molar-refractivity contribution in [3.8, 4) is 5.75 Å². The summed E-state index contributed by atoms with van der Waals surface area (Å²) in [5.41, 5.74) is 5.81. The Morgan fingerprint density at radius 1 is 0.971 bits per heavy atom. The number of aromatic nitrogens is 1. The molecule has 2 heterocycles. The third-order valence-electron chi connectivity index (χ3n) is 6.67. The Morgan fingerprint density at radius 2 is 1.69 bits per heavy atom. The summed E-state index contributed by atoms with van der Waals surface area (Å²) in [6.07, 6.45) is 2.62. The minimum Gasteiger partial charge on any atom is -0.497 e. The molecule has 1 aliphatic heterocycles. The number of ether oxygens (including phenoxy) is 1. The quantitative estimate of drug-likeness (QED) is 0.352. The molecule has 0 bridgehead atoms. The number of fused-ring (bicyclic) bond motifs is 1. The molecular weight excluding hydrogens is 463 g/mol. The van der Waals surface area contributed by atoms with Gasteiger partial charge in [0.05, 0.1) is 12.0 Å². The van der Waals surface area contributed by atoms with Gasteiger partial charge < -0.3 is 9.30 Å². The van der Waals surface area contributed by atoms with E-state index in [4.69, 9.17) is 4.74 Å². The molecule has 5 rings (SSSR count). The van der Waals surface area contributed by atoms with Gasteiger partial charge in [0, 0.05) is 41.8 Å². The first-order valence-electron chi connectivity index (χ1n) is 11.5. The molecule has 1 aliphatic rings. The average molecular weight is 491 g/mol. The summed E-state index contributed by atoms with van der Waals surface area (Å²) in [5, 5.41) is 1.17. The molecule has 0 unspecified atom stereocenters. The predicted molar refractivity (Wildman–Crippen MR) is 137 cm³/mol. The molecule has 0 spiro atoms. The van der Waals surface area contributed by atoms with E-state index in [1.165, 1.54) is 45.1 Å². The van der Waals surface area contributed by atoms with Crippen molar-refractivity contribution in [1.29, 1.82) is 0 Å². The van der Waals surface area contributed by atoms with Crippen LogP contribution in [0.3, 0.4) is 0 Å². The van der Waals surface area contributed by atoms with Gasteiger partial charge in [0.1, 0.15) is 11.6 Å². The molecule has 35 heavy (non-hydrogen) atoms. The van der Waals surface area contributed by atoms with Gasteiger partial charge in [-0.15, -0.1) is 0 Å². The predicted octanol–water partition coefficient (Wildman–Crippen LogP) is 5.62. The smallest absolute Gasteiger partial charge is 0.243 e. The lowest BCUT2D eigenvalue weighted by Gasteiger charge is -2.26. The van der Waals surface area contributed by atoms with E-state index >= 15 is 0 Å².